The molecule has 0 aliphatic carbocycles. The van der Waals surface area contributed by atoms with Crippen molar-refractivity contribution in [3.05, 3.63) is 71.8 Å². The highest BCUT2D eigenvalue weighted by Crippen LogP contribution is 2.30. The largest absolute Gasteiger partial charge is 0.318 e. The van der Waals surface area contributed by atoms with Crippen molar-refractivity contribution in [2.24, 2.45) is 0 Å². The second kappa shape index (κ2) is 7.24. The first-order valence-electron chi connectivity index (χ1n) is 6.25. The number of benzene rings is 2. The molecule has 2 rings (SSSR count). The lowest BCUT2D eigenvalue weighted by Crippen LogP contribution is -2.15. The van der Waals surface area contributed by atoms with E-state index in [1.807, 2.05) is 18.8 Å². The Kier molecular flexibility index (Phi) is 5.31. The third-order valence-electron chi connectivity index (χ3n) is 2.85. The SMILES string of the molecule is CNCC(SCc1ccccc1)c1ccccc1. The van der Waals surface area contributed by atoms with Gasteiger partial charge in [-0.25, -0.2) is 0 Å². The van der Waals surface area contributed by atoms with Gasteiger partial charge in [0.15, 0.2) is 0 Å². The lowest BCUT2D eigenvalue weighted by Gasteiger charge is -2.16. The van der Waals surface area contributed by atoms with Crippen LogP contribution < -0.4 is 5.32 Å². The van der Waals surface area contributed by atoms with Crippen LogP contribution in [0.4, 0.5) is 0 Å². The number of rotatable bonds is 6. The number of thioether (sulfide) groups is 1. The van der Waals surface area contributed by atoms with Crippen LogP contribution in [0.25, 0.3) is 0 Å². The molecule has 1 nitrogen and oxygen atoms in total. The zero-order valence-corrected chi connectivity index (χ0v) is 11.5. The highest BCUT2D eigenvalue weighted by molar-refractivity contribution is 7.98. The summed E-state index contributed by atoms with van der Waals surface area (Å²) < 4.78 is 0. The highest BCUT2D eigenvalue weighted by atomic mass is 32.2. The Balaban J connectivity index is 1.99. The molecule has 0 aromatic heterocycles. The van der Waals surface area contributed by atoms with E-state index in [1.165, 1.54) is 11.1 Å². The van der Waals surface area contributed by atoms with Crippen LogP contribution in [0.1, 0.15) is 16.4 Å². The summed E-state index contributed by atoms with van der Waals surface area (Å²) in [6.45, 7) is 1.00. The molecule has 0 heterocycles. The first kappa shape index (κ1) is 13.2. The van der Waals surface area contributed by atoms with Gasteiger partial charge in [-0.15, -0.1) is 11.8 Å². The summed E-state index contributed by atoms with van der Waals surface area (Å²) in [4.78, 5) is 0. The molecule has 0 saturated heterocycles. The van der Waals surface area contributed by atoms with Crippen molar-refractivity contribution >= 4 is 11.8 Å². The standard InChI is InChI=1S/C16H19NS/c1-17-12-16(15-10-6-3-7-11-15)18-13-14-8-4-2-5-9-14/h2-11,16-17H,12-13H2,1H3. The average Bonchev–Trinajstić information content (AvgIpc) is 2.45. The van der Waals surface area contributed by atoms with Gasteiger partial charge in [0.25, 0.3) is 0 Å². The number of likely N-dealkylation sites (N-methyl/N-ethyl adjacent to an activating group) is 1. The molecule has 0 amide bonds. The summed E-state index contributed by atoms with van der Waals surface area (Å²) in [6.07, 6.45) is 0. The van der Waals surface area contributed by atoms with Crippen LogP contribution in [-0.2, 0) is 5.75 Å². The second-order valence-corrected chi connectivity index (χ2v) is 5.44. The Hall–Kier alpha value is -1.25. The molecule has 2 aromatic carbocycles. The third-order valence-corrected chi connectivity index (χ3v) is 4.20. The van der Waals surface area contributed by atoms with Crippen molar-refractivity contribution in [1.82, 2.24) is 5.32 Å². The molecule has 1 unspecified atom stereocenters. The molecule has 18 heavy (non-hydrogen) atoms. The third kappa shape index (κ3) is 3.90. The maximum absolute atomic E-state index is 3.28. The van der Waals surface area contributed by atoms with Gasteiger partial charge in [-0.05, 0) is 18.2 Å². The highest BCUT2D eigenvalue weighted by Gasteiger charge is 2.10. The quantitative estimate of drug-likeness (QED) is 0.843. The molecular formula is C16H19NS. The van der Waals surface area contributed by atoms with E-state index in [0.29, 0.717) is 5.25 Å². The molecule has 0 aliphatic heterocycles. The monoisotopic (exact) mass is 257 g/mol. The van der Waals surface area contributed by atoms with Gasteiger partial charge in [0.2, 0.25) is 0 Å². The van der Waals surface area contributed by atoms with E-state index in [2.05, 4.69) is 66.0 Å². The van der Waals surface area contributed by atoms with E-state index in [0.717, 1.165) is 12.3 Å². The van der Waals surface area contributed by atoms with Crippen LogP contribution in [0.15, 0.2) is 60.7 Å². The second-order valence-electron chi connectivity index (χ2n) is 4.25. The molecule has 2 heteroatoms. The Morgan fingerprint density at radius 2 is 1.56 bits per heavy atom. The lowest BCUT2D eigenvalue weighted by molar-refractivity contribution is 0.777. The normalized spacial score (nSPS) is 12.3. The van der Waals surface area contributed by atoms with Gasteiger partial charge in [0.1, 0.15) is 0 Å². The lowest BCUT2D eigenvalue weighted by atomic mass is 10.1. The van der Waals surface area contributed by atoms with Crippen molar-refractivity contribution in [2.75, 3.05) is 13.6 Å². The summed E-state index contributed by atoms with van der Waals surface area (Å²) in [6, 6.07) is 21.4. The summed E-state index contributed by atoms with van der Waals surface area (Å²) in [5.41, 5.74) is 2.78. The van der Waals surface area contributed by atoms with Crippen molar-refractivity contribution in [1.29, 1.82) is 0 Å². The Morgan fingerprint density at radius 1 is 0.944 bits per heavy atom. The van der Waals surface area contributed by atoms with Crippen LogP contribution in [0.5, 0.6) is 0 Å². The predicted octanol–water partition coefficient (Wildman–Crippen LogP) is 3.88. The smallest absolute Gasteiger partial charge is 0.0425 e. The first-order valence-corrected chi connectivity index (χ1v) is 7.30. The zero-order valence-electron chi connectivity index (χ0n) is 10.7. The summed E-state index contributed by atoms with van der Waals surface area (Å²) in [5, 5.41) is 3.79. The molecule has 0 fully saturated rings. The van der Waals surface area contributed by atoms with Crippen LogP contribution in [0.2, 0.25) is 0 Å². The molecule has 94 valence electrons. The number of hydrogen-bond donors (Lipinski definition) is 1. The van der Waals surface area contributed by atoms with Gasteiger partial charge in [0.05, 0.1) is 0 Å². The van der Waals surface area contributed by atoms with Gasteiger partial charge < -0.3 is 5.32 Å². The zero-order chi connectivity index (χ0) is 12.6. The van der Waals surface area contributed by atoms with Crippen molar-refractivity contribution in [3.8, 4) is 0 Å². The molecule has 2 aromatic rings. The van der Waals surface area contributed by atoms with Crippen LogP contribution in [-0.4, -0.2) is 13.6 Å². The van der Waals surface area contributed by atoms with Gasteiger partial charge >= 0.3 is 0 Å². The van der Waals surface area contributed by atoms with Crippen molar-refractivity contribution in [2.45, 2.75) is 11.0 Å². The van der Waals surface area contributed by atoms with Gasteiger partial charge in [-0.1, -0.05) is 60.7 Å². The van der Waals surface area contributed by atoms with E-state index in [-0.39, 0.29) is 0 Å². The van der Waals surface area contributed by atoms with E-state index in [4.69, 9.17) is 0 Å². The number of nitrogens with one attached hydrogen (secondary N) is 1. The van der Waals surface area contributed by atoms with Crippen LogP contribution in [0, 0.1) is 0 Å². The van der Waals surface area contributed by atoms with Crippen LogP contribution >= 0.6 is 11.8 Å². The number of hydrogen-bond acceptors (Lipinski definition) is 2. The fourth-order valence-electron chi connectivity index (χ4n) is 1.90. The first-order chi connectivity index (χ1) is 8.90. The fourth-order valence-corrected chi connectivity index (χ4v) is 3.12. The molecule has 0 spiro atoms. The van der Waals surface area contributed by atoms with Gasteiger partial charge in [0, 0.05) is 17.5 Å². The molecule has 0 radical (unpaired) electrons. The topological polar surface area (TPSA) is 12.0 Å². The van der Waals surface area contributed by atoms with Gasteiger partial charge in [-0.2, -0.15) is 0 Å². The van der Waals surface area contributed by atoms with Gasteiger partial charge in [-0.3, -0.25) is 0 Å². The fraction of sp³-hybridized carbons (Fsp3) is 0.250. The molecule has 1 atom stereocenters. The summed E-state index contributed by atoms with van der Waals surface area (Å²) in [5.74, 6) is 1.06. The minimum Gasteiger partial charge on any atom is -0.318 e. The predicted molar refractivity (Wildman–Crippen MR) is 80.8 cm³/mol. The molecule has 0 bridgehead atoms. The summed E-state index contributed by atoms with van der Waals surface area (Å²) >= 11 is 1.99. The van der Waals surface area contributed by atoms with E-state index in [9.17, 15) is 0 Å². The van der Waals surface area contributed by atoms with Crippen LogP contribution in [0.3, 0.4) is 0 Å². The van der Waals surface area contributed by atoms with E-state index < -0.39 is 0 Å². The maximum atomic E-state index is 3.28. The molecular weight excluding hydrogens is 238 g/mol. The minimum atomic E-state index is 0.511. The maximum Gasteiger partial charge on any atom is 0.0425 e. The van der Waals surface area contributed by atoms with Crippen molar-refractivity contribution in [3.63, 3.8) is 0 Å². The Bertz CT molecular complexity index is 441. The molecule has 1 N–H and O–H groups in total. The average molecular weight is 257 g/mol. The molecule has 0 saturated carbocycles. The molecule has 0 aliphatic rings. The summed E-state index contributed by atoms with van der Waals surface area (Å²) in [7, 11) is 2.01. The Labute approximate surface area is 114 Å². The van der Waals surface area contributed by atoms with E-state index >= 15 is 0 Å². The van der Waals surface area contributed by atoms with Crippen molar-refractivity contribution < 1.29 is 0 Å². The minimum absolute atomic E-state index is 0.511. The Morgan fingerprint density at radius 3 is 2.17 bits per heavy atom. The van der Waals surface area contributed by atoms with E-state index in [1.54, 1.807) is 0 Å².